The van der Waals surface area contributed by atoms with Crippen LogP contribution in [0.25, 0.3) is 0 Å². The Balaban J connectivity index is 3.17. The summed E-state index contributed by atoms with van der Waals surface area (Å²) in [7, 11) is 0. The van der Waals surface area contributed by atoms with Crippen molar-refractivity contribution in [1.29, 1.82) is 0 Å². The van der Waals surface area contributed by atoms with E-state index in [1.807, 2.05) is 0 Å². The SMILES string of the molecule is CCC(C)CCCC=CCCCCCC(C)=O. The molecule has 1 unspecified atom stereocenters. The van der Waals surface area contributed by atoms with Gasteiger partial charge in [-0.1, -0.05) is 45.3 Å². The molecule has 0 radical (unpaired) electrons. The molecule has 1 atom stereocenters. The first-order valence-corrected chi connectivity index (χ1v) is 7.31. The molecular formula is C16H30O. The first-order valence-electron chi connectivity index (χ1n) is 7.31. The van der Waals surface area contributed by atoms with Crippen LogP contribution in [0, 0.1) is 5.92 Å². The van der Waals surface area contributed by atoms with Gasteiger partial charge in [0.15, 0.2) is 0 Å². The van der Waals surface area contributed by atoms with Crippen LogP contribution in [-0.2, 0) is 4.79 Å². The molecule has 0 fully saturated rings. The molecule has 0 aliphatic carbocycles. The van der Waals surface area contributed by atoms with E-state index in [1.165, 1.54) is 44.9 Å². The number of carbonyl (C=O) groups is 1. The molecule has 0 bridgehead atoms. The van der Waals surface area contributed by atoms with Gasteiger partial charge < -0.3 is 4.79 Å². The molecule has 0 heterocycles. The van der Waals surface area contributed by atoms with Crippen LogP contribution < -0.4 is 0 Å². The molecule has 0 spiro atoms. The van der Waals surface area contributed by atoms with Crippen LogP contribution in [0.1, 0.15) is 78.6 Å². The van der Waals surface area contributed by atoms with E-state index in [4.69, 9.17) is 0 Å². The lowest BCUT2D eigenvalue weighted by Gasteiger charge is -2.05. The summed E-state index contributed by atoms with van der Waals surface area (Å²) in [4.78, 5) is 10.7. The van der Waals surface area contributed by atoms with Crippen LogP contribution in [0.2, 0.25) is 0 Å². The third-order valence-corrected chi connectivity index (χ3v) is 3.33. The lowest BCUT2D eigenvalue weighted by atomic mass is 10.0. The van der Waals surface area contributed by atoms with Crippen LogP contribution in [-0.4, -0.2) is 5.78 Å². The molecule has 0 aromatic carbocycles. The van der Waals surface area contributed by atoms with Gasteiger partial charge in [-0.2, -0.15) is 0 Å². The van der Waals surface area contributed by atoms with Crippen molar-refractivity contribution in [3.63, 3.8) is 0 Å². The fraction of sp³-hybridized carbons (Fsp3) is 0.812. The normalized spacial score (nSPS) is 13.1. The standard InChI is InChI=1S/C16H30O/c1-4-15(2)13-11-9-7-5-6-8-10-12-14-16(3)17/h5,7,15H,4,6,8-14H2,1-3H3. The van der Waals surface area contributed by atoms with Crippen molar-refractivity contribution in [2.24, 2.45) is 5.92 Å². The highest BCUT2D eigenvalue weighted by molar-refractivity contribution is 5.75. The Morgan fingerprint density at radius 1 is 1.06 bits per heavy atom. The molecule has 0 amide bonds. The molecule has 1 nitrogen and oxygen atoms in total. The molecule has 0 N–H and O–H groups in total. The van der Waals surface area contributed by atoms with Crippen LogP contribution in [0.4, 0.5) is 0 Å². The lowest BCUT2D eigenvalue weighted by Crippen LogP contribution is -1.90. The molecule has 0 aromatic rings. The molecule has 0 aliphatic rings. The van der Waals surface area contributed by atoms with Crippen molar-refractivity contribution in [1.82, 2.24) is 0 Å². The van der Waals surface area contributed by atoms with Crippen LogP contribution in [0.5, 0.6) is 0 Å². The average Bonchev–Trinajstić information content (AvgIpc) is 2.30. The minimum Gasteiger partial charge on any atom is -0.300 e. The van der Waals surface area contributed by atoms with E-state index in [0.717, 1.165) is 18.8 Å². The number of hydrogen-bond acceptors (Lipinski definition) is 1. The Labute approximate surface area is 108 Å². The zero-order chi connectivity index (χ0) is 12.9. The summed E-state index contributed by atoms with van der Waals surface area (Å²) in [5, 5.41) is 0. The smallest absolute Gasteiger partial charge is 0.129 e. The molecular weight excluding hydrogens is 208 g/mol. The van der Waals surface area contributed by atoms with Crippen LogP contribution in [0.3, 0.4) is 0 Å². The summed E-state index contributed by atoms with van der Waals surface area (Å²) in [6.07, 6.45) is 15.3. The summed E-state index contributed by atoms with van der Waals surface area (Å²) in [5.74, 6) is 1.21. The molecule has 0 saturated heterocycles. The van der Waals surface area contributed by atoms with Crippen molar-refractivity contribution in [3.8, 4) is 0 Å². The topological polar surface area (TPSA) is 17.1 Å². The maximum Gasteiger partial charge on any atom is 0.129 e. The molecule has 0 saturated carbocycles. The molecule has 0 aliphatic heterocycles. The Morgan fingerprint density at radius 3 is 2.29 bits per heavy atom. The predicted molar refractivity (Wildman–Crippen MR) is 76.2 cm³/mol. The van der Waals surface area contributed by atoms with Gasteiger partial charge in [0.25, 0.3) is 0 Å². The number of carbonyl (C=O) groups excluding carboxylic acids is 1. The highest BCUT2D eigenvalue weighted by atomic mass is 16.1. The number of ketones is 1. The Hall–Kier alpha value is -0.590. The van der Waals surface area contributed by atoms with E-state index in [-0.39, 0.29) is 0 Å². The van der Waals surface area contributed by atoms with Crippen molar-refractivity contribution >= 4 is 5.78 Å². The highest BCUT2D eigenvalue weighted by Crippen LogP contribution is 2.11. The van der Waals surface area contributed by atoms with E-state index in [1.54, 1.807) is 6.92 Å². The van der Waals surface area contributed by atoms with Gasteiger partial charge in [0.1, 0.15) is 5.78 Å². The Kier molecular flexibility index (Phi) is 11.5. The van der Waals surface area contributed by atoms with Crippen LogP contribution in [0.15, 0.2) is 12.2 Å². The molecule has 0 rings (SSSR count). The largest absolute Gasteiger partial charge is 0.300 e. The Bertz CT molecular complexity index is 206. The maximum absolute atomic E-state index is 10.7. The summed E-state index contributed by atoms with van der Waals surface area (Å²) in [5.41, 5.74) is 0. The fourth-order valence-electron chi connectivity index (χ4n) is 1.84. The molecule has 1 heteroatoms. The molecule has 0 aromatic heterocycles. The van der Waals surface area contributed by atoms with Crippen LogP contribution >= 0.6 is 0 Å². The van der Waals surface area contributed by atoms with Gasteiger partial charge in [-0.15, -0.1) is 0 Å². The average molecular weight is 238 g/mol. The highest BCUT2D eigenvalue weighted by Gasteiger charge is 1.96. The molecule has 17 heavy (non-hydrogen) atoms. The molecule has 100 valence electrons. The zero-order valence-corrected chi connectivity index (χ0v) is 12.0. The van der Waals surface area contributed by atoms with Gasteiger partial charge in [-0.25, -0.2) is 0 Å². The first kappa shape index (κ1) is 16.4. The zero-order valence-electron chi connectivity index (χ0n) is 12.0. The van der Waals surface area contributed by atoms with Crippen molar-refractivity contribution < 1.29 is 4.79 Å². The summed E-state index contributed by atoms with van der Waals surface area (Å²) >= 11 is 0. The predicted octanol–water partition coefficient (Wildman–Crippen LogP) is 5.30. The summed E-state index contributed by atoms with van der Waals surface area (Å²) in [6.45, 7) is 6.28. The van der Waals surface area contributed by atoms with Gasteiger partial charge in [-0.05, 0) is 44.9 Å². The Morgan fingerprint density at radius 2 is 1.71 bits per heavy atom. The van der Waals surface area contributed by atoms with E-state index in [0.29, 0.717) is 5.78 Å². The van der Waals surface area contributed by atoms with E-state index >= 15 is 0 Å². The second-order valence-corrected chi connectivity index (χ2v) is 5.22. The number of rotatable bonds is 11. The number of Topliss-reactive ketones (excluding diaryl/α,β-unsaturated/α-hetero) is 1. The van der Waals surface area contributed by atoms with Gasteiger partial charge in [0, 0.05) is 6.42 Å². The van der Waals surface area contributed by atoms with Gasteiger partial charge in [-0.3, -0.25) is 0 Å². The van der Waals surface area contributed by atoms with Crippen molar-refractivity contribution in [2.45, 2.75) is 78.6 Å². The van der Waals surface area contributed by atoms with Crippen molar-refractivity contribution in [3.05, 3.63) is 12.2 Å². The van der Waals surface area contributed by atoms with Gasteiger partial charge in [0.2, 0.25) is 0 Å². The minimum atomic E-state index is 0.325. The second-order valence-electron chi connectivity index (χ2n) is 5.22. The monoisotopic (exact) mass is 238 g/mol. The number of hydrogen-bond donors (Lipinski definition) is 0. The van der Waals surface area contributed by atoms with Gasteiger partial charge >= 0.3 is 0 Å². The third kappa shape index (κ3) is 13.3. The number of allylic oxidation sites excluding steroid dienone is 2. The fourth-order valence-corrected chi connectivity index (χ4v) is 1.84. The summed E-state index contributed by atoms with van der Waals surface area (Å²) < 4.78 is 0. The lowest BCUT2D eigenvalue weighted by molar-refractivity contribution is -0.117. The quantitative estimate of drug-likeness (QED) is 0.353. The first-order chi connectivity index (χ1) is 8.16. The van der Waals surface area contributed by atoms with E-state index in [9.17, 15) is 4.79 Å². The van der Waals surface area contributed by atoms with Crippen molar-refractivity contribution in [2.75, 3.05) is 0 Å². The van der Waals surface area contributed by atoms with E-state index in [2.05, 4.69) is 26.0 Å². The minimum absolute atomic E-state index is 0.325. The maximum atomic E-state index is 10.7. The van der Waals surface area contributed by atoms with Gasteiger partial charge in [0.05, 0.1) is 0 Å². The number of unbranched alkanes of at least 4 members (excludes halogenated alkanes) is 4. The van der Waals surface area contributed by atoms with E-state index < -0.39 is 0 Å². The second kappa shape index (κ2) is 11.9. The third-order valence-electron chi connectivity index (χ3n) is 3.33. The summed E-state index contributed by atoms with van der Waals surface area (Å²) in [6, 6.07) is 0.